The highest BCUT2D eigenvalue weighted by Gasteiger charge is 2.53. The van der Waals surface area contributed by atoms with E-state index < -0.39 is 21.4 Å². The van der Waals surface area contributed by atoms with Gasteiger partial charge in [-0.25, -0.2) is 13.2 Å². The lowest BCUT2D eigenvalue weighted by Gasteiger charge is -2.31. The first-order valence-electron chi connectivity index (χ1n) is 6.25. The Morgan fingerprint density at radius 1 is 1.28 bits per heavy atom. The molecule has 0 atom stereocenters. The van der Waals surface area contributed by atoms with Crippen molar-refractivity contribution in [2.24, 2.45) is 0 Å². The van der Waals surface area contributed by atoms with Gasteiger partial charge >= 0.3 is 6.03 Å². The summed E-state index contributed by atoms with van der Waals surface area (Å²) in [6, 6.07) is -0.451. The van der Waals surface area contributed by atoms with E-state index in [1.165, 1.54) is 4.90 Å². The number of amides is 3. The Kier molecular flexibility index (Phi) is 3.35. The number of rotatable bonds is 4. The summed E-state index contributed by atoms with van der Waals surface area (Å²) in [7, 11) is -3.13. The van der Waals surface area contributed by atoms with Gasteiger partial charge in [0.1, 0.15) is 5.54 Å². The molecule has 0 bridgehead atoms. The monoisotopic (exact) mass is 274 g/mol. The van der Waals surface area contributed by atoms with Crippen LogP contribution in [0.4, 0.5) is 4.79 Å². The van der Waals surface area contributed by atoms with Crippen LogP contribution < -0.4 is 5.32 Å². The average Bonchev–Trinajstić information content (AvgIpc) is 2.87. The van der Waals surface area contributed by atoms with Gasteiger partial charge in [0.15, 0.2) is 9.84 Å². The molecule has 0 radical (unpaired) electrons. The van der Waals surface area contributed by atoms with Gasteiger partial charge in [-0.05, 0) is 12.8 Å². The van der Waals surface area contributed by atoms with Crippen molar-refractivity contribution in [3.8, 4) is 0 Å². The third kappa shape index (κ3) is 2.11. The fourth-order valence-corrected chi connectivity index (χ4v) is 3.49. The van der Waals surface area contributed by atoms with E-state index in [0.29, 0.717) is 12.8 Å². The van der Waals surface area contributed by atoms with Crippen molar-refractivity contribution in [2.75, 3.05) is 18.1 Å². The van der Waals surface area contributed by atoms with Crippen LogP contribution in [0.5, 0.6) is 0 Å². The van der Waals surface area contributed by atoms with Gasteiger partial charge in [-0.3, -0.25) is 10.1 Å². The minimum Gasteiger partial charge on any atom is -0.309 e. The Bertz CT molecular complexity index is 465. The molecule has 1 N–H and O–H groups in total. The van der Waals surface area contributed by atoms with Crippen molar-refractivity contribution in [1.29, 1.82) is 0 Å². The summed E-state index contributed by atoms with van der Waals surface area (Å²) in [5, 5.41) is 2.31. The molecule has 0 aromatic carbocycles. The molecule has 0 aromatic rings. The second-order valence-electron chi connectivity index (χ2n) is 4.89. The summed E-state index contributed by atoms with van der Waals surface area (Å²) < 4.78 is 23.0. The first kappa shape index (κ1) is 13.3. The fraction of sp³-hybridized carbons (Fsp3) is 0.818. The number of nitrogens with zero attached hydrogens (tertiary/aromatic N) is 1. The van der Waals surface area contributed by atoms with E-state index in [9.17, 15) is 18.0 Å². The van der Waals surface area contributed by atoms with Crippen LogP contribution in [0.1, 0.15) is 32.6 Å². The smallest absolute Gasteiger partial charge is 0.309 e. The lowest BCUT2D eigenvalue weighted by Crippen LogP contribution is -2.49. The third-order valence-corrected chi connectivity index (χ3v) is 5.59. The minimum absolute atomic E-state index is 0.0589. The largest absolute Gasteiger partial charge is 0.325 e. The first-order valence-corrected chi connectivity index (χ1v) is 8.07. The van der Waals surface area contributed by atoms with E-state index in [4.69, 9.17) is 0 Å². The van der Waals surface area contributed by atoms with Crippen molar-refractivity contribution in [3.63, 3.8) is 0 Å². The molecule has 2 fully saturated rings. The van der Waals surface area contributed by atoms with Gasteiger partial charge in [0.25, 0.3) is 5.91 Å². The molecule has 102 valence electrons. The summed E-state index contributed by atoms with van der Waals surface area (Å²) in [5.41, 5.74) is -0.777. The number of imide groups is 1. The maximum atomic E-state index is 11.9. The third-order valence-electron chi connectivity index (χ3n) is 3.90. The molecule has 3 amide bonds. The highest BCUT2D eigenvalue weighted by Crippen LogP contribution is 2.38. The number of hydrogen-bond donors (Lipinski definition) is 1. The number of nitrogens with one attached hydrogen (secondary N) is 1. The summed E-state index contributed by atoms with van der Waals surface area (Å²) in [5.74, 6) is -0.283. The maximum Gasteiger partial charge on any atom is 0.325 e. The molecule has 1 saturated carbocycles. The van der Waals surface area contributed by atoms with Crippen LogP contribution in [-0.4, -0.2) is 48.8 Å². The zero-order valence-electron chi connectivity index (χ0n) is 10.4. The molecule has 18 heavy (non-hydrogen) atoms. The molecule has 1 spiro atoms. The Labute approximate surface area is 107 Å². The summed E-state index contributed by atoms with van der Waals surface area (Å²) in [4.78, 5) is 25.1. The standard InChI is InChI=1S/C11H18N2O4S/c1-2-18(16,17)8-7-13-10(15)12-9(14)11(13)5-3-4-6-11/h2-8H2,1H3,(H,12,14,15). The number of urea groups is 1. The van der Waals surface area contributed by atoms with Gasteiger partial charge in [0.2, 0.25) is 0 Å². The van der Waals surface area contributed by atoms with Crippen LogP contribution in [-0.2, 0) is 14.6 Å². The van der Waals surface area contributed by atoms with Crippen LogP contribution in [0.15, 0.2) is 0 Å². The molecule has 6 nitrogen and oxygen atoms in total. The van der Waals surface area contributed by atoms with Crippen molar-refractivity contribution in [1.82, 2.24) is 10.2 Å². The van der Waals surface area contributed by atoms with Gasteiger partial charge < -0.3 is 4.90 Å². The fourth-order valence-electron chi connectivity index (χ4n) is 2.75. The zero-order chi connectivity index (χ0) is 13.4. The van der Waals surface area contributed by atoms with E-state index in [2.05, 4.69) is 5.32 Å². The lowest BCUT2D eigenvalue weighted by molar-refractivity contribution is -0.126. The predicted molar refractivity (Wildman–Crippen MR) is 65.8 cm³/mol. The lowest BCUT2D eigenvalue weighted by atomic mass is 9.96. The van der Waals surface area contributed by atoms with Crippen molar-refractivity contribution >= 4 is 21.8 Å². The van der Waals surface area contributed by atoms with Crippen LogP contribution in [0, 0.1) is 0 Å². The van der Waals surface area contributed by atoms with Crippen LogP contribution in [0.2, 0.25) is 0 Å². The first-order chi connectivity index (χ1) is 8.41. The molecule has 1 heterocycles. The van der Waals surface area contributed by atoms with Gasteiger partial charge in [0.05, 0.1) is 5.75 Å². The summed E-state index contributed by atoms with van der Waals surface area (Å²) in [6.45, 7) is 1.68. The van der Waals surface area contributed by atoms with E-state index in [0.717, 1.165) is 12.8 Å². The van der Waals surface area contributed by atoms with Gasteiger partial charge in [-0.15, -0.1) is 0 Å². The Morgan fingerprint density at radius 3 is 2.44 bits per heavy atom. The van der Waals surface area contributed by atoms with E-state index >= 15 is 0 Å². The Balaban J connectivity index is 2.15. The molecular weight excluding hydrogens is 256 g/mol. The van der Waals surface area contributed by atoms with E-state index in [1.54, 1.807) is 6.92 Å². The van der Waals surface area contributed by atoms with E-state index in [-0.39, 0.29) is 24.0 Å². The molecular formula is C11H18N2O4S. The molecule has 1 saturated heterocycles. The maximum absolute atomic E-state index is 11.9. The molecule has 1 aliphatic heterocycles. The second kappa shape index (κ2) is 4.53. The van der Waals surface area contributed by atoms with Crippen molar-refractivity contribution < 1.29 is 18.0 Å². The SMILES string of the molecule is CCS(=O)(=O)CCN1C(=O)NC(=O)C12CCCC2. The Hall–Kier alpha value is -1.11. The van der Waals surface area contributed by atoms with Gasteiger partial charge in [0, 0.05) is 12.3 Å². The van der Waals surface area contributed by atoms with Gasteiger partial charge in [-0.2, -0.15) is 0 Å². The minimum atomic E-state index is -3.13. The molecule has 0 unspecified atom stereocenters. The van der Waals surface area contributed by atoms with Crippen LogP contribution >= 0.6 is 0 Å². The molecule has 2 rings (SSSR count). The number of carbonyl (C=O) groups is 2. The van der Waals surface area contributed by atoms with E-state index in [1.807, 2.05) is 0 Å². The molecule has 1 aliphatic carbocycles. The zero-order valence-corrected chi connectivity index (χ0v) is 11.3. The quantitative estimate of drug-likeness (QED) is 0.747. The highest BCUT2D eigenvalue weighted by atomic mass is 32.2. The average molecular weight is 274 g/mol. The number of sulfone groups is 1. The second-order valence-corrected chi connectivity index (χ2v) is 7.36. The van der Waals surface area contributed by atoms with Crippen LogP contribution in [0.25, 0.3) is 0 Å². The highest BCUT2D eigenvalue weighted by molar-refractivity contribution is 7.91. The number of carbonyl (C=O) groups excluding carboxylic acids is 2. The molecule has 7 heteroatoms. The summed E-state index contributed by atoms with van der Waals surface area (Å²) in [6.07, 6.45) is 3.07. The molecule has 2 aliphatic rings. The molecule has 0 aromatic heterocycles. The number of hydrogen-bond acceptors (Lipinski definition) is 4. The topological polar surface area (TPSA) is 83.6 Å². The van der Waals surface area contributed by atoms with Crippen molar-refractivity contribution in [3.05, 3.63) is 0 Å². The normalized spacial score (nSPS) is 22.8. The van der Waals surface area contributed by atoms with Crippen molar-refractivity contribution in [2.45, 2.75) is 38.1 Å². The Morgan fingerprint density at radius 2 is 1.89 bits per heavy atom. The van der Waals surface area contributed by atoms with Crippen LogP contribution in [0.3, 0.4) is 0 Å². The predicted octanol–water partition coefficient (Wildman–Crippen LogP) is 0.286. The van der Waals surface area contributed by atoms with Gasteiger partial charge in [-0.1, -0.05) is 19.8 Å². The summed E-state index contributed by atoms with van der Waals surface area (Å²) >= 11 is 0.